The highest BCUT2D eigenvalue weighted by molar-refractivity contribution is 5.68. The van der Waals surface area contributed by atoms with Crippen molar-refractivity contribution in [2.75, 3.05) is 12.3 Å². The molecule has 1 aliphatic heterocycles. The largest absolute Gasteiger partial charge is 0.418 e. The predicted molar refractivity (Wildman–Crippen MR) is 75.9 cm³/mol. The smallest absolute Gasteiger partial charge is 0.398 e. The quantitative estimate of drug-likeness (QED) is 0.857. The summed E-state index contributed by atoms with van der Waals surface area (Å²) in [7, 11) is 0. The number of benzene rings is 1. The Hall–Kier alpha value is -2.02. The Morgan fingerprint density at radius 3 is 2.68 bits per heavy atom. The summed E-state index contributed by atoms with van der Waals surface area (Å²) in [4.78, 5) is 0. The molecule has 1 unspecified atom stereocenters. The van der Waals surface area contributed by atoms with E-state index in [1.54, 1.807) is 17.1 Å². The Labute approximate surface area is 125 Å². The van der Waals surface area contributed by atoms with Gasteiger partial charge >= 0.3 is 6.18 Å². The average molecular weight is 311 g/mol. The summed E-state index contributed by atoms with van der Waals surface area (Å²) < 4.78 is 45.5. The van der Waals surface area contributed by atoms with Crippen LogP contribution in [0.4, 0.5) is 18.9 Å². The Bertz CT molecular complexity index is 660. The van der Waals surface area contributed by atoms with Gasteiger partial charge in [-0.3, -0.25) is 0 Å². The molecule has 2 aromatic rings. The number of nitrogens with two attached hydrogens (primary N) is 1. The lowest BCUT2D eigenvalue weighted by molar-refractivity contribution is -0.136. The second-order valence-corrected chi connectivity index (χ2v) is 5.33. The first kappa shape index (κ1) is 14.9. The van der Waals surface area contributed by atoms with Gasteiger partial charge in [0.05, 0.1) is 11.8 Å². The Morgan fingerprint density at radius 1 is 1.23 bits per heavy atom. The minimum Gasteiger partial charge on any atom is -0.398 e. The first-order valence-electron chi connectivity index (χ1n) is 7.08. The zero-order chi connectivity index (χ0) is 15.7. The highest BCUT2D eigenvalue weighted by atomic mass is 19.4. The van der Waals surface area contributed by atoms with Crippen molar-refractivity contribution >= 4 is 5.69 Å². The van der Waals surface area contributed by atoms with Gasteiger partial charge in [-0.25, -0.2) is 4.68 Å². The zero-order valence-electron chi connectivity index (χ0n) is 11.8. The summed E-state index contributed by atoms with van der Waals surface area (Å²) in [5, 5.41) is 4.25. The summed E-state index contributed by atoms with van der Waals surface area (Å²) in [5.41, 5.74) is 5.74. The van der Waals surface area contributed by atoms with Crippen LogP contribution in [0.1, 0.15) is 31.1 Å². The Morgan fingerprint density at radius 2 is 2.05 bits per heavy atom. The van der Waals surface area contributed by atoms with Crippen LogP contribution in [0.5, 0.6) is 0 Å². The molecule has 0 amide bonds. The highest BCUT2D eigenvalue weighted by Gasteiger charge is 2.32. The van der Waals surface area contributed by atoms with Gasteiger partial charge in [0.15, 0.2) is 0 Å². The van der Waals surface area contributed by atoms with Crippen LogP contribution in [0.2, 0.25) is 0 Å². The van der Waals surface area contributed by atoms with E-state index in [1.807, 2.05) is 0 Å². The van der Waals surface area contributed by atoms with Crippen LogP contribution in [0.25, 0.3) is 11.1 Å². The van der Waals surface area contributed by atoms with Crippen molar-refractivity contribution in [3.05, 3.63) is 36.2 Å². The van der Waals surface area contributed by atoms with Crippen molar-refractivity contribution in [2.24, 2.45) is 0 Å². The van der Waals surface area contributed by atoms with E-state index in [-0.39, 0.29) is 11.9 Å². The fourth-order valence-electron chi connectivity index (χ4n) is 2.58. The number of aromatic nitrogens is 2. The van der Waals surface area contributed by atoms with Crippen molar-refractivity contribution in [3.8, 4) is 11.1 Å². The van der Waals surface area contributed by atoms with Crippen LogP contribution in [-0.2, 0) is 10.9 Å². The van der Waals surface area contributed by atoms with Crippen molar-refractivity contribution in [2.45, 2.75) is 31.7 Å². The van der Waals surface area contributed by atoms with E-state index < -0.39 is 11.7 Å². The van der Waals surface area contributed by atoms with Crippen LogP contribution in [0.3, 0.4) is 0 Å². The highest BCUT2D eigenvalue weighted by Crippen LogP contribution is 2.35. The molecule has 118 valence electrons. The van der Waals surface area contributed by atoms with Crippen molar-refractivity contribution in [1.82, 2.24) is 9.78 Å². The van der Waals surface area contributed by atoms with Gasteiger partial charge in [-0.05, 0) is 37.0 Å². The summed E-state index contributed by atoms with van der Waals surface area (Å²) in [6, 6.07) is 3.73. The van der Waals surface area contributed by atoms with Gasteiger partial charge < -0.3 is 10.5 Å². The zero-order valence-corrected chi connectivity index (χ0v) is 11.8. The van der Waals surface area contributed by atoms with Gasteiger partial charge in [0.1, 0.15) is 6.23 Å². The molecule has 7 heteroatoms. The SMILES string of the molecule is Nc1cc(-c2cnn(C3CCCCO3)c2)ccc1C(F)(F)F. The number of nitrogens with zero attached hydrogens (tertiary/aromatic N) is 2. The number of halogens is 3. The van der Waals surface area contributed by atoms with Crippen molar-refractivity contribution in [1.29, 1.82) is 0 Å². The molecule has 1 aromatic carbocycles. The summed E-state index contributed by atoms with van der Waals surface area (Å²) >= 11 is 0. The molecule has 3 rings (SSSR count). The third-order valence-electron chi connectivity index (χ3n) is 3.74. The molecule has 1 fully saturated rings. The van der Waals surface area contributed by atoms with Crippen LogP contribution >= 0.6 is 0 Å². The van der Waals surface area contributed by atoms with E-state index >= 15 is 0 Å². The molecule has 4 nitrogen and oxygen atoms in total. The fraction of sp³-hybridized carbons (Fsp3) is 0.400. The van der Waals surface area contributed by atoms with Gasteiger partial charge in [-0.15, -0.1) is 0 Å². The van der Waals surface area contributed by atoms with Gasteiger partial charge in [0.25, 0.3) is 0 Å². The summed E-state index contributed by atoms with van der Waals surface area (Å²) in [6.07, 6.45) is 1.85. The van der Waals surface area contributed by atoms with Crippen molar-refractivity contribution < 1.29 is 17.9 Å². The van der Waals surface area contributed by atoms with E-state index in [4.69, 9.17) is 10.5 Å². The lowest BCUT2D eigenvalue weighted by Gasteiger charge is -2.22. The second kappa shape index (κ2) is 5.64. The summed E-state index contributed by atoms with van der Waals surface area (Å²) in [5.74, 6) is 0. The first-order chi connectivity index (χ1) is 10.4. The Kier molecular flexibility index (Phi) is 3.82. The predicted octanol–water partition coefficient (Wildman–Crippen LogP) is 3.85. The molecule has 0 spiro atoms. The normalized spacial score (nSPS) is 19.3. The molecule has 1 atom stereocenters. The standard InChI is InChI=1S/C15H16F3N3O/c16-15(17,18)12-5-4-10(7-13(12)19)11-8-20-21(9-11)14-3-1-2-6-22-14/h4-5,7-9,14H,1-3,6,19H2. The maximum Gasteiger partial charge on any atom is 0.418 e. The number of nitrogen functional groups attached to an aromatic ring is 1. The number of rotatable bonds is 2. The third-order valence-corrected chi connectivity index (χ3v) is 3.74. The molecule has 22 heavy (non-hydrogen) atoms. The van der Waals surface area contributed by atoms with E-state index in [1.165, 1.54) is 12.1 Å². The minimum atomic E-state index is -4.44. The number of ether oxygens (including phenoxy) is 1. The molecule has 0 bridgehead atoms. The lowest BCUT2D eigenvalue weighted by atomic mass is 10.0. The molecule has 1 aliphatic rings. The molecule has 1 saturated heterocycles. The van der Waals surface area contributed by atoms with Crippen LogP contribution in [-0.4, -0.2) is 16.4 Å². The first-order valence-corrected chi connectivity index (χ1v) is 7.08. The molecule has 0 aliphatic carbocycles. The molecule has 2 heterocycles. The van der Waals surface area contributed by atoms with Crippen LogP contribution in [0, 0.1) is 0 Å². The van der Waals surface area contributed by atoms with E-state index in [9.17, 15) is 13.2 Å². The molecule has 2 N–H and O–H groups in total. The Balaban J connectivity index is 1.85. The molecule has 0 saturated carbocycles. The van der Waals surface area contributed by atoms with E-state index in [0.717, 1.165) is 30.9 Å². The van der Waals surface area contributed by atoms with E-state index in [0.29, 0.717) is 12.2 Å². The number of anilines is 1. The molecule has 0 radical (unpaired) electrons. The van der Waals surface area contributed by atoms with E-state index in [2.05, 4.69) is 5.10 Å². The number of hydrogen-bond donors (Lipinski definition) is 1. The fourth-order valence-corrected chi connectivity index (χ4v) is 2.58. The third kappa shape index (κ3) is 2.94. The minimum absolute atomic E-state index is 0.103. The maximum atomic E-state index is 12.7. The second-order valence-electron chi connectivity index (χ2n) is 5.33. The number of hydrogen-bond acceptors (Lipinski definition) is 3. The summed E-state index contributed by atoms with van der Waals surface area (Å²) in [6.45, 7) is 0.701. The van der Waals surface area contributed by atoms with Gasteiger partial charge in [-0.1, -0.05) is 6.07 Å². The molecular formula is C15H16F3N3O. The average Bonchev–Trinajstić information content (AvgIpc) is 2.96. The topological polar surface area (TPSA) is 53.1 Å². The van der Waals surface area contributed by atoms with Gasteiger partial charge in [0, 0.05) is 24.1 Å². The molecular weight excluding hydrogens is 295 g/mol. The van der Waals surface area contributed by atoms with Crippen LogP contribution < -0.4 is 5.73 Å². The monoisotopic (exact) mass is 311 g/mol. The van der Waals surface area contributed by atoms with Crippen molar-refractivity contribution in [3.63, 3.8) is 0 Å². The number of alkyl halides is 3. The van der Waals surface area contributed by atoms with Gasteiger partial charge in [-0.2, -0.15) is 18.3 Å². The van der Waals surface area contributed by atoms with Gasteiger partial charge in [0.2, 0.25) is 0 Å². The van der Waals surface area contributed by atoms with Crippen LogP contribution in [0.15, 0.2) is 30.6 Å². The lowest BCUT2D eigenvalue weighted by Crippen LogP contribution is -2.18. The molecule has 1 aromatic heterocycles. The maximum absolute atomic E-state index is 12.7.